The number of fused-ring (bicyclic) bond motifs is 1. The van der Waals surface area contributed by atoms with Crippen molar-refractivity contribution in [2.45, 2.75) is 6.61 Å². The first-order chi connectivity index (χ1) is 16.2. The molecule has 0 aliphatic heterocycles. The molecule has 5 rings (SSSR count). The molecule has 10 nitrogen and oxygen atoms in total. The lowest BCUT2D eigenvalue weighted by atomic mass is 10.1. The third-order valence-corrected chi connectivity index (χ3v) is 4.95. The van der Waals surface area contributed by atoms with Gasteiger partial charge in [0.15, 0.2) is 0 Å². The number of aromatic nitrogens is 6. The van der Waals surface area contributed by atoms with Gasteiger partial charge in [-0.1, -0.05) is 12.1 Å². The van der Waals surface area contributed by atoms with E-state index in [1.165, 1.54) is 11.0 Å². The summed E-state index contributed by atoms with van der Waals surface area (Å²) in [7, 11) is 0. The molecule has 0 atom stereocenters. The van der Waals surface area contributed by atoms with Crippen LogP contribution in [0.5, 0.6) is 5.75 Å². The number of carbonyl (C=O) groups excluding carboxylic acids is 1. The SMILES string of the molecule is N#Cc1cccc(COc2ccc(NC(=O)c3ccc4nc[nH]c4c3)cc2-n2cnnn2)c1. The Morgan fingerprint density at radius 2 is 2.09 bits per heavy atom. The fraction of sp³-hybridized carbons (Fsp3) is 0.0435. The second kappa shape index (κ2) is 8.60. The molecular formula is C23H16N8O2. The van der Waals surface area contributed by atoms with E-state index in [1.807, 2.05) is 6.07 Å². The molecule has 160 valence electrons. The first-order valence-corrected chi connectivity index (χ1v) is 9.93. The van der Waals surface area contributed by atoms with Gasteiger partial charge in [0.2, 0.25) is 0 Å². The summed E-state index contributed by atoms with van der Waals surface area (Å²) in [5.41, 5.74) is 4.57. The molecule has 2 N–H and O–H groups in total. The molecule has 0 spiro atoms. The van der Waals surface area contributed by atoms with Crippen LogP contribution in [0.25, 0.3) is 16.7 Å². The molecular weight excluding hydrogens is 420 g/mol. The number of nitriles is 1. The van der Waals surface area contributed by atoms with Crippen molar-refractivity contribution >= 4 is 22.6 Å². The van der Waals surface area contributed by atoms with Gasteiger partial charge in [0.05, 0.1) is 29.0 Å². The maximum atomic E-state index is 12.8. The van der Waals surface area contributed by atoms with Gasteiger partial charge in [-0.15, -0.1) is 5.10 Å². The molecule has 0 aliphatic carbocycles. The summed E-state index contributed by atoms with van der Waals surface area (Å²) in [6.07, 6.45) is 3.02. The number of anilines is 1. The highest BCUT2D eigenvalue weighted by molar-refractivity contribution is 6.06. The van der Waals surface area contributed by atoms with Crippen LogP contribution < -0.4 is 10.1 Å². The van der Waals surface area contributed by atoms with E-state index in [4.69, 9.17) is 10.00 Å². The molecule has 0 unspecified atom stereocenters. The Morgan fingerprint density at radius 1 is 1.15 bits per heavy atom. The minimum absolute atomic E-state index is 0.251. The van der Waals surface area contributed by atoms with Crippen molar-refractivity contribution < 1.29 is 9.53 Å². The molecule has 2 aromatic heterocycles. The number of rotatable bonds is 6. The van der Waals surface area contributed by atoms with Crippen LogP contribution in [0, 0.1) is 11.3 Å². The van der Waals surface area contributed by atoms with Crippen LogP contribution >= 0.6 is 0 Å². The largest absolute Gasteiger partial charge is 0.487 e. The highest BCUT2D eigenvalue weighted by Crippen LogP contribution is 2.27. The molecule has 1 amide bonds. The molecule has 0 bridgehead atoms. The molecule has 33 heavy (non-hydrogen) atoms. The van der Waals surface area contributed by atoms with E-state index in [0.717, 1.165) is 16.6 Å². The summed E-state index contributed by atoms with van der Waals surface area (Å²) in [4.78, 5) is 19.9. The second-order valence-corrected chi connectivity index (χ2v) is 7.13. The molecule has 0 aliphatic rings. The zero-order valence-electron chi connectivity index (χ0n) is 17.1. The Morgan fingerprint density at radius 3 is 2.94 bits per heavy atom. The zero-order chi connectivity index (χ0) is 22.6. The average Bonchev–Trinajstić information content (AvgIpc) is 3.55. The van der Waals surface area contributed by atoms with Crippen molar-refractivity contribution in [1.29, 1.82) is 5.26 Å². The normalized spacial score (nSPS) is 10.6. The highest BCUT2D eigenvalue weighted by atomic mass is 16.5. The van der Waals surface area contributed by atoms with Crippen molar-refractivity contribution in [1.82, 2.24) is 30.2 Å². The van der Waals surface area contributed by atoms with Gasteiger partial charge in [-0.25, -0.2) is 4.98 Å². The van der Waals surface area contributed by atoms with E-state index in [9.17, 15) is 4.79 Å². The van der Waals surface area contributed by atoms with Gasteiger partial charge < -0.3 is 15.0 Å². The quantitative estimate of drug-likeness (QED) is 0.417. The molecule has 3 aromatic carbocycles. The van der Waals surface area contributed by atoms with E-state index in [-0.39, 0.29) is 12.5 Å². The summed E-state index contributed by atoms with van der Waals surface area (Å²) in [6, 6.07) is 19.7. The minimum atomic E-state index is -0.267. The van der Waals surface area contributed by atoms with E-state index in [2.05, 4.69) is 36.9 Å². The summed E-state index contributed by atoms with van der Waals surface area (Å²) >= 11 is 0. The monoisotopic (exact) mass is 436 g/mol. The zero-order valence-corrected chi connectivity index (χ0v) is 17.1. The van der Waals surface area contributed by atoms with Gasteiger partial charge in [-0.3, -0.25) is 4.79 Å². The second-order valence-electron chi connectivity index (χ2n) is 7.13. The fourth-order valence-electron chi connectivity index (χ4n) is 3.34. The molecule has 2 heterocycles. The number of carbonyl (C=O) groups is 1. The van der Waals surface area contributed by atoms with E-state index >= 15 is 0 Å². The van der Waals surface area contributed by atoms with Gasteiger partial charge in [-0.05, 0) is 64.5 Å². The molecule has 0 saturated heterocycles. The van der Waals surface area contributed by atoms with E-state index < -0.39 is 0 Å². The minimum Gasteiger partial charge on any atom is -0.487 e. The number of hydrogen-bond acceptors (Lipinski definition) is 7. The fourth-order valence-corrected chi connectivity index (χ4v) is 3.34. The number of H-pyrrole nitrogens is 1. The lowest BCUT2D eigenvalue weighted by Gasteiger charge is -2.13. The Hall–Kier alpha value is -5.04. The number of amides is 1. The van der Waals surface area contributed by atoms with Crippen molar-refractivity contribution in [2.24, 2.45) is 0 Å². The van der Waals surface area contributed by atoms with Crippen LogP contribution in [0.2, 0.25) is 0 Å². The van der Waals surface area contributed by atoms with Crippen molar-refractivity contribution in [3.05, 3.63) is 90.0 Å². The van der Waals surface area contributed by atoms with E-state index in [1.54, 1.807) is 60.9 Å². The Labute approximate surface area is 187 Å². The van der Waals surface area contributed by atoms with Gasteiger partial charge in [0.25, 0.3) is 5.91 Å². The van der Waals surface area contributed by atoms with Crippen LogP contribution in [0.3, 0.4) is 0 Å². The summed E-state index contributed by atoms with van der Waals surface area (Å²) in [5.74, 6) is 0.248. The van der Waals surface area contributed by atoms with Crippen LogP contribution in [0.1, 0.15) is 21.5 Å². The highest BCUT2D eigenvalue weighted by Gasteiger charge is 2.13. The predicted molar refractivity (Wildman–Crippen MR) is 119 cm³/mol. The maximum absolute atomic E-state index is 12.8. The number of imidazole rings is 1. The van der Waals surface area contributed by atoms with Gasteiger partial charge >= 0.3 is 0 Å². The topological polar surface area (TPSA) is 134 Å². The third-order valence-electron chi connectivity index (χ3n) is 4.95. The number of ether oxygens (including phenoxy) is 1. The Bertz CT molecular complexity index is 1480. The predicted octanol–water partition coefficient (Wildman–Crippen LogP) is 3.24. The van der Waals surface area contributed by atoms with Crippen LogP contribution in [0.4, 0.5) is 5.69 Å². The first kappa shape index (κ1) is 19.9. The molecule has 5 aromatic rings. The average molecular weight is 436 g/mol. The van der Waals surface area contributed by atoms with Crippen molar-refractivity contribution in [3.63, 3.8) is 0 Å². The van der Waals surface area contributed by atoms with Gasteiger partial charge in [0, 0.05) is 11.3 Å². The summed E-state index contributed by atoms with van der Waals surface area (Å²) in [6.45, 7) is 0.251. The number of tetrazole rings is 1. The van der Waals surface area contributed by atoms with Crippen molar-refractivity contribution in [2.75, 3.05) is 5.32 Å². The number of hydrogen-bond donors (Lipinski definition) is 2. The maximum Gasteiger partial charge on any atom is 0.255 e. The number of aromatic amines is 1. The number of nitrogens with zero attached hydrogens (tertiary/aromatic N) is 6. The molecule has 10 heteroatoms. The van der Waals surface area contributed by atoms with Crippen molar-refractivity contribution in [3.8, 4) is 17.5 Å². The van der Waals surface area contributed by atoms with Gasteiger partial charge in [0.1, 0.15) is 24.4 Å². The van der Waals surface area contributed by atoms with E-state index in [0.29, 0.717) is 28.3 Å². The lowest BCUT2D eigenvalue weighted by Crippen LogP contribution is -2.12. The number of benzene rings is 3. The smallest absolute Gasteiger partial charge is 0.255 e. The number of nitrogens with one attached hydrogen (secondary N) is 2. The molecule has 0 fully saturated rings. The Balaban J connectivity index is 1.39. The first-order valence-electron chi connectivity index (χ1n) is 9.93. The summed E-state index contributed by atoms with van der Waals surface area (Å²) < 4.78 is 7.43. The van der Waals surface area contributed by atoms with Gasteiger partial charge in [-0.2, -0.15) is 9.94 Å². The standard InChI is InChI=1S/C23H16N8O2/c24-11-15-2-1-3-16(8-15)12-33-22-7-5-18(10-21(22)31-14-27-29-30-31)28-23(32)17-4-6-19-20(9-17)26-13-25-19/h1-10,13-14H,12H2,(H,25,26)(H,28,32). The van der Waals surface area contributed by atoms with Crippen LogP contribution in [-0.4, -0.2) is 36.1 Å². The molecule has 0 saturated carbocycles. The Kier molecular flexibility index (Phi) is 5.19. The van der Waals surface area contributed by atoms with Crippen LogP contribution in [-0.2, 0) is 6.61 Å². The summed E-state index contributed by atoms with van der Waals surface area (Å²) in [5, 5.41) is 23.3. The van der Waals surface area contributed by atoms with Crippen LogP contribution in [0.15, 0.2) is 73.3 Å². The lowest BCUT2D eigenvalue weighted by molar-refractivity contribution is 0.102. The third kappa shape index (κ3) is 4.24. The molecule has 0 radical (unpaired) electrons.